The van der Waals surface area contributed by atoms with E-state index in [1.165, 1.54) is 0 Å². The minimum Gasteiger partial charge on any atom is -0.549 e. The highest BCUT2D eigenvalue weighted by Gasteiger charge is 2.34. The summed E-state index contributed by atoms with van der Waals surface area (Å²) < 4.78 is 0. The quantitative estimate of drug-likeness (QED) is 0.741. The zero-order valence-electron chi connectivity index (χ0n) is 8.53. The first-order chi connectivity index (χ1) is 7.26. The first kappa shape index (κ1) is 10.2. The fourth-order valence-corrected chi connectivity index (χ4v) is 2.22. The zero-order chi connectivity index (χ0) is 10.7. The van der Waals surface area contributed by atoms with E-state index in [2.05, 4.69) is 5.32 Å². The van der Waals surface area contributed by atoms with E-state index in [1.54, 1.807) is 0 Å². The van der Waals surface area contributed by atoms with Crippen LogP contribution in [0.3, 0.4) is 0 Å². The largest absolute Gasteiger partial charge is 0.549 e. The summed E-state index contributed by atoms with van der Waals surface area (Å²) in [4.78, 5) is 11.3. The molecule has 0 amide bonds. The first-order valence-corrected chi connectivity index (χ1v) is 5.23. The number of carboxylic acids is 1. The summed E-state index contributed by atoms with van der Waals surface area (Å²) in [6.07, 6.45) is 1.22. The minimum absolute atomic E-state index is 0.610. The predicted molar refractivity (Wildman–Crippen MR) is 55.2 cm³/mol. The SMILES string of the molecule is O=C([O-])C1(c2ccccc2)CCNCC1. The second-order valence-electron chi connectivity index (χ2n) is 3.99. The summed E-state index contributed by atoms with van der Waals surface area (Å²) in [6.45, 7) is 1.48. The molecule has 0 spiro atoms. The predicted octanol–water partition coefficient (Wildman–Crippen LogP) is 0.0577. The summed E-state index contributed by atoms with van der Waals surface area (Å²) in [5.74, 6) is -0.949. The molecule has 2 rings (SSSR count). The third-order valence-electron chi connectivity index (χ3n) is 3.17. The molecule has 1 saturated heterocycles. The maximum Gasteiger partial charge on any atom is 0.0521 e. The number of piperidine rings is 1. The van der Waals surface area contributed by atoms with Crippen molar-refractivity contribution in [3.63, 3.8) is 0 Å². The van der Waals surface area contributed by atoms with Gasteiger partial charge in [-0.1, -0.05) is 30.3 Å². The van der Waals surface area contributed by atoms with E-state index in [9.17, 15) is 9.90 Å². The van der Waals surface area contributed by atoms with E-state index < -0.39 is 11.4 Å². The molecule has 15 heavy (non-hydrogen) atoms. The molecular weight excluding hydrogens is 190 g/mol. The van der Waals surface area contributed by atoms with Crippen molar-refractivity contribution in [3.8, 4) is 0 Å². The normalized spacial score (nSPS) is 19.7. The Morgan fingerprint density at radius 2 is 1.80 bits per heavy atom. The number of hydrogen-bond acceptors (Lipinski definition) is 3. The Labute approximate surface area is 89.1 Å². The number of carbonyl (C=O) groups is 1. The lowest BCUT2D eigenvalue weighted by atomic mass is 9.73. The minimum atomic E-state index is -0.949. The Hall–Kier alpha value is -1.35. The molecule has 1 fully saturated rings. The molecule has 1 aromatic rings. The topological polar surface area (TPSA) is 52.2 Å². The second-order valence-corrected chi connectivity index (χ2v) is 3.99. The van der Waals surface area contributed by atoms with Gasteiger partial charge in [0.2, 0.25) is 0 Å². The first-order valence-electron chi connectivity index (χ1n) is 5.23. The molecule has 0 atom stereocenters. The van der Waals surface area contributed by atoms with E-state index in [0.29, 0.717) is 12.8 Å². The molecule has 0 radical (unpaired) electrons. The lowest BCUT2D eigenvalue weighted by Crippen LogP contribution is -2.51. The van der Waals surface area contributed by atoms with Crippen LogP contribution < -0.4 is 10.4 Å². The lowest BCUT2D eigenvalue weighted by Gasteiger charge is -2.39. The van der Waals surface area contributed by atoms with Gasteiger partial charge in [0, 0.05) is 5.41 Å². The highest BCUT2D eigenvalue weighted by molar-refractivity contribution is 5.79. The van der Waals surface area contributed by atoms with Gasteiger partial charge in [-0.15, -0.1) is 0 Å². The van der Waals surface area contributed by atoms with Crippen LogP contribution in [0.15, 0.2) is 30.3 Å². The molecule has 0 bridgehead atoms. The maximum atomic E-state index is 11.3. The monoisotopic (exact) mass is 204 g/mol. The number of benzene rings is 1. The fourth-order valence-electron chi connectivity index (χ4n) is 2.22. The second kappa shape index (κ2) is 4.03. The van der Waals surface area contributed by atoms with Crippen LogP contribution in [0.2, 0.25) is 0 Å². The van der Waals surface area contributed by atoms with E-state index in [0.717, 1.165) is 18.7 Å². The number of carbonyl (C=O) groups excluding carboxylic acids is 1. The van der Waals surface area contributed by atoms with Gasteiger partial charge in [0.05, 0.1) is 5.97 Å². The van der Waals surface area contributed by atoms with Gasteiger partial charge in [0.25, 0.3) is 0 Å². The van der Waals surface area contributed by atoms with Crippen molar-refractivity contribution in [3.05, 3.63) is 35.9 Å². The maximum absolute atomic E-state index is 11.3. The number of hydrogen-bond donors (Lipinski definition) is 1. The van der Waals surface area contributed by atoms with Crippen LogP contribution in [-0.2, 0) is 10.2 Å². The summed E-state index contributed by atoms with van der Waals surface area (Å²) in [7, 11) is 0. The van der Waals surface area contributed by atoms with Crippen molar-refractivity contribution < 1.29 is 9.90 Å². The Morgan fingerprint density at radius 1 is 1.20 bits per heavy atom. The third kappa shape index (κ3) is 1.75. The van der Waals surface area contributed by atoms with Gasteiger partial charge in [-0.05, 0) is 31.5 Å². The Kier molecular flexibility index (Phi) is 2.73. The smallest absolute Gasteiger partial charge is 0.0521 e. The number of carboxylic acid groups (broad SMARTS) is 1. The molecule has 1 heterocycles. The summed E-state index contributed by atoms with van der Waals surface area (Å²) in [5.41, 5.74) is 0.0819. The van der Waals surface area contributed by atoms with Crippen LogP contribution in [0, 0.1) is 0 Å². The summed E-state index contributed by atoms with van der Waals surface area (Å²) in [5, 5.41) is 14.5. The fraction of sp³-hybridized carbons (Fsp3) is 0.417. The summed E-state index contributed by atoms with van der Waals surface area (Å²) in [6, 6.07) is 9.40. The van der Waals surface area contributed by atoms with Crippen LogP contribution >= 0.6 is 0 Å². The van der Waals surface area contributed by atoms with Gasteiger partial charge >= 0.3 is 0 Å². The molecule has 0 unspecified atom stereocenters. The Balaban J connectivity index is 2.38. The molecule has 1 aliphatic rings. The van der Waals surface area contributed by atoms with Crippen LogP contribution in [0.4, 0.5) is 0 Å². The zero-order valence-corrected chi connectivity index (χ0v) is 8.53. The highest BCUT2D eigenvalue weighted by atomic mass is 16.4. The van der Waals surface area contributed by atoms with E-state index >= 15 is 0 Å². The van der Waals surface area contributed by atoms with E-state index in [1.807, 2.05) is 30.3 Å². The van der Waals surface area contributed by atoms with E-state index in [-0.39, 0.29) is 0 Å². The van der Waals surface area contributed by atoms with Gasteiger partial charge in [0.1, 0.15) is 0 Å². The highest BCUT2D eigenvalue weighted by Crippen LogP contribution is 2.32. The number of nitrogens with one attached hydrogen (secondary N) is 1. The number of rotatable bonds is 2. The van der Waals surface area contributed by atoms with Gasteiger partial charge in [0.15, 0.2) is 0 Å². The van der Waals surface area contributed by atoms with Crippen LogP contribution in [-0.4, -0.2) is 19.1 Å². The van der Waals surface area contributed by atoms with Gasteiger partial charge < -0.3 is 15.2 Å². The average Bonchev–Trinajstić information content (AvgIpc) is 2.31. The van der Waals surface area contributed by atoms with E-state index in [4.69, 9.17) is 0 Å². The van der Waals surface area contributed by atoms with Crippen LogP contribution in [0.1, 0.15) is 18.4 Å². The van der Waals surface area contributed by atoms with Crippen molar-refractivity contribution in [1.82, 2.24) is 5.32 Å². The lowest BCUT2D eigenvalue weighted by molar-refractivity contribution is -0.315. The van der Waals surface area contributed by atoms with Crippen molar-refractivity contribution in [1.29, 1.82) is 0 Å². The molecule has 0 aromatic heterocycles. The molecular formula is C12H14NO2-. The van der Waals surface area contributed by atoms with Crippen molar-refractivity contribution in [2.75, 3.05) is 13.1 Å². The molecule has 1 aliphatic heterocycles. The van der Waals surface area contributed by atoms with Gasteiger partial charge in [-0.3, -0.25) is 0 Å². The van der Waals surface area contributed by atoms with Crippen LogP contribution in [0.5, 0.6) is 0 Å². The molecule has 1 aromatic carbocycles. The summed E-state index contributed by atoms with van der Waals surface area (Å²) >= 11 is 0. The molecule has 1 N–H and O–H groups in total. The van der Waals surface area contributed by atoms with Crippen LogP contribution in [0.25, 0.3) is 0 Å². The van der Waals surface area contributed by atoms with Crippen molar-refractivity contribution in [2.24, 2.45) is 0 Å². The van der Waals surface area contributed by atoms with Gasteiger partial charge in [-0.25, -0.2) is 0 Å². The average molecular weight is 204 g/mol. The third-order valence-corrected chi connectivity index (χ3v) is 3.17. The number of aliphatic carboxylic acids is 1. The van der Waals surface area contributed by atoms with Gasteiger partial charge in [-0.2, -0.15) is 0 Å². The molecule has 3 nitrogen and oxygen atoms in total. The molecule has 3 heteroatoms. The standard InChI is InChI=1S/C12H15NO2/c14-11(15)12(6-8-13-9-7-12)10-4-2-1-3-5-10/h1-5,13H,6-9H2,(H,14,15)/p-1. The van der Waals surface area contributed by atoms with Crippen molar-refractivity contribution >= 4 is 5.97 Å². The molecule has 0 aliphatic carbocycles. The molecule has 0 saturated carbocycles. The van der Waals surface area contributed by atoms with Crippen molar-refractivity contribution in [2.45, 2.75) is 18.3 Å². The Morgan fingerprint density at radius 3 is 2.33 bits per heavy atom. The Bertz CT molecular complexity index is 342. The molecule has 80 valence electrons.